The summed E-state index contributed by atoms with van der Waals surface area (Å²) in [7, 11) is 1.89. The zero-order valence-electron chi connectivity index (χ0n) is 12.8. The van der Waals surface area contributed by atoms with Crippen molar-refractivity contribution in [2.75, 3.05) is 7.05 Å². The number of carbonyl (C=O) groups excluding carboxylic acids is 1. The van der Waals surface area contributed by atoms with Crippen molar-refractivity contribution in [3.05, 3.63) is 71.8 Å². The van der Waals surface area contributed by atoms with Gasteiger partial charge in [0.05, 0.1) is 5.92 Å². The average molecular weight is 281 g/mol. The second-order valence-electron chi connectivity index (χ2n) is 5.43. The molecule has 1 atom stereocenters. The summed E-state index contributed by atoms with van der Waals surface area (Å²) in [4.78, 5) is 14.6. The van der Waals surface area contributed by atoms with E-state index < -0.39 is 0 Å². The van der Waals surface area contributed by atoms with Crippen LogP contribution in [0.2, 0.25) is 0 Å². The summed E-state index contributed by atoms with van der Waals surface area (Å²) in [5.74, 6) is 0.164. The lowest BCUT2D eigenvalue weighted by Gasteiger charge is -2.24. The number of hydrogen-bond donors (Lipinski definition) is 0. The van der Waals surface area contributed by atoms with Crippen LogP contribution in [-0.4, -0.2) is 17.9 Å². The molecular formula is C19H23NO. The lowest BCUT2D eigenvalue weighted by atomic mass is 9.93. The molecule has 2 nitrogen and oxygen atoms in total. The first kappa shape index (κ1) is 15.3. The Labute approximate surface area is 127 Å². The number of amides is 1. The Hall–Kier alpha value is -2.09. The molecule has 1 unspecified atom stereocenters. The van der Waals surface area contributed by atoms with Crippen molar-refractivity contribution in [1.29, 1.82) is 0 Å². The van der Waals surface area contributed by atoms with Gasteiger partial charge < -0.3 is 4.90 Å². The van der Waals surface area contributed by atoms with Crippen LogP contribution < -0.4 is 0 Å². The molecule has 0 radical (unpaired) electrons. The number of benzene rings is 2. The quantitative estimate of drug-likeness (QED) is 0.776. The molecule has 0 fully saturated rings. The van der Waals surface area contributed by atoms with Gasteiger partial charge >= 0.3 is 0 Å². The predicted molar refractivity (Wildman–Crippen MR) is 87.0 cm³/mol. The van der Waals surface area contributed by atoms with Crippen molar-refractivity contribution in [2.45, 2.75) is 32.2 Å². The van der Waals surface area contributed by atoms with Gasteiger partial charge in [-0.25, -0.2) is 0 Å². The minimum Gasteiger partial charge on any atom is -0.341 e. The highest BCUT2D eigenvalue weighted by molar-refractivity contribution is 5.83. The van der Waals surface area contributed by atoms with Crippen LogP contribution in [0.3, 0.4) is 0 Å². The highest BCUT2D eigenvalue weighted by Crippen LogP contribution is 2.24. The molecule has 0 aliphatic rings. The Balaban J connectivity index is 2.11. The van der Waals surface area contributed by atoms with Crippen LogP contribution in [0.1, 0.15) is 36.8 Å². The zero-order valence-corrected chi connectivity index (χ0v) is 12.8. The summed E-state index contributed by atoms with van der Waals surface area (Å²) in [5, 5.41) is 0. The highest BCUT2D eigenvalue weighted by Gasteiger charge is 2.22. The van der Waals surface area contributed by atoms with Gasteiger partial charge in [0.25, 0.3) is 0 Å². The smallest absolute Gasteiger partial charge is 0.230 e. The second-order valence-corrected chi connectivity index (χ2v) is 5.43. The molecule has 0 aliphatic carbocycles. The van der Waals surface area contributed by atoms with E-state index in [9.17, 15) is 4.79 Å². The zero-order chi connectivity index (χ0) is 15.1. The third kappa shape index (κ3) is 4.19. The van der Waals surface area contributed by atoms with Gasteiger partial charge in [0.2, 0.25) is 5.91 Å². The van der Waals surface area contributed by atoms with E-state index in [0.717, 1.165) is 24.0 Å². The van der Waals surface area contributed by atoms with Gasteiger partial charge in [0, 0.05) is 13.6 Å². The summed E-state index contributed by atoms with van der Waals surface area (Å²) in [5.41, 5.74) is 2.28. The molecular weight excluding hydrogens is 258 g/mol. The molecule has 0 aliphatic heterocycles. The molecule has 1 amide bonds. The number of likely N-dealkylation sites (N-methyl/N-ethyl adjacent to an activating group) is 1. The van der Waals surface area contributed by atoms with Gasteiger partial charge in [-0.15, -0.1) is 0 Å². The van der Waals surface area contributed by atoms with E-state index in [1.54, 1.807) is 0 Å². The fourth-order valence-electron chi connectivity index (χ4n) is 2.61. The van der Waals surface area contributed by atoms with Gasteiger partial charge in [-0.3, -0.25) is 4.79 Å². The lowest BCUT2D eigenvalue weighted by Crippen LogP contribution is -2.31. The summed E-state index contributed by atoms with van der Waals surface area (Å²) in [6.45, 7) is 2.78. The monoisotopic (exact) mass is 281 g/mol. The number of rotatable bonds is 6. The van der Waals surface area contributed by atoms with Crippen LogP contribution >= 0.6 is 0 Å². The molecule has 0 bridgehead atoms. The topological polar surface area (TPSA) is 20.3 Å². The molecule has 0 saturated carbocycles. The largest absolute Gasteiger partial charge is 0.341 e. The van der Waals surface area contributed by atoms with Crippen molar-refractivity contribution >= 4 is 5.91 Å². The molecule has 21 heavy (non-hydrogen) atoms. The number of hydrogen-bond acceptors (Lipinski definition) is 1. The molecule has 2 rings (SSSR count). The van der Waals surface area contributed by atoms with Crippen molar-refractivity contribution < 1.29 is 4.79 Å². The third-order valence-electron chi connectivity index (χ3n) is 3.72. The minimum atomic E-state index is -0.0371. The molecule has 2 aromatic carbocycles. The van der Waals surface area contributed by atoms with Gasteiger partial charge in [0.1, 0.15) is 0 Å². The van der Waals surface area contributed by atoms with E-state index in [2.05, 4.69) is 31.2 Å². The Morgan fingerprint density at radius 3 is 2.14 bits per heavy atom. The Bertz CT molecular complexity index is 550. The molecule has 0 spiro atoms. The van der Waals surface area contributed by atoms with E-state index >= 15 is 0 Å². The van der Waals surface area contributed by atoms with Crippen LogP contribution in [0.25, 0.3) is 0 Å². The van der Waals surface area contributed by atoms with Crippen molar-refractivity contribution in [3.63, 3.8) is 0 Å². The maximum Gasteiger partial charge on any atom is 0.230 e. The normalized spacial score (nSPS) is 11.9. The summed E-state index contributed by atoms with van der Waals surface area (Å²) < 4.78 is 0. The predicted octanol–water partition coefficient (Wildman–Crippen LogP) is 4.23. The Morgan fingerprint density at radius 2 is 1.57 bits per heavy atom. The van der Waals surface area contributed by atoms with Crippen molar-refractivity contribution in [2.24, 2.45) is 0 Å². The van der Waals surface area contributed by atoms with Crippen LogP contribution in [-0.2, 0) is 11.3 Å². The van der Waals surface area contributed by atoms with Crippen molar-refractivity contribution in [1.82, 2.24) is 4.90 Å². The molecule has 0 saturated heterocycles. The van der Waals surface area contributed by atoms with Crippen LogP contribution in [0.5, 0.6) is 0 Å². The van der Waals surface area contributed by atoms with E-state index in [-0.39, 0.29) is 11.8 Å². The number of nitrogens with zero attached hydrogens (tertiary/aromatic N) is 1. The maximum absolute atomic E-state index is 12.8. The Morgan fingerprint density at radius 1 is 1.00 bits per heavy atom. The van der Waals surface area contributed by atoms with Gasteiger partial charge in [0.15, 0.2) is 0 Å². The minimum absolute atomic E-state index is 0.0371. The van der Waals surface area contributed by atoms with E-state index in [0.29, 0.717) is 6.54 Å². The molecule has 0 N–H and O–H groups in total. The fourth-order valence-corrected chi connectivity index (χ4v) is 2.61. The highest BCUT2D eigenvalue weighted by atomic mass is 16.2. The summed E-state index contributed by atoms with van der Waals surface area (Å²) in [6, 6.07) is 20.2. The molecule has 110 valence electrons. The van der Waals surface area contributed by atoms with Crippen LogP contribution in [0.4, 0.5) is 0 Å². The fraction of sp³-hybridized carbons (Fsp3) is 0.316. The van der Waals surface area contributed by atoms with Gasteiger partial charge in [-0.2, -0.15) is 0 Å². The standard InChI is InChI=1S/C19H23NO/c1-3-10-18(17-13-8-5-9-14-17)19(21)20(2)15-16-11-6-4-7-12-16/h4-9,11-14,18H,3,10,15H2,1-2H3. The van der Waals surface area contributed by atoms with Gasteiger partial charge in [-0.1, -0.05) is 74.0 Å². The molecule has 2 aromatic rings. The third-order valence-corrected chi connectivity index (χ3v) is 3.72. The second kappa shape index (κ2) is 7.63. The average Bonchev–Trinajstić information content (AvgIpc) is 2.53. The lowest BCUT2D eigenvalue weighted by molar-refractivity contribution is -0.132. The first-order chi connectivity index (χ1) is 10.2. The SMILES string of the molecule is CCCC(C(=O)N(C)Cc1ccccc1)c1ccccc1. The number of carbonyl (C=O) groups is 1. The maximum atomic E-state index is 12.8. The van der Waals surface area contributed by atoms with Crippen molar-refractivity contribution in [3.8, 4) is 0 Å². The van der Waals surface area contributed by atoms with E-state index in [1.807, 2.05) is 48.3 Å². The Kier molecular flexibility index (Phi) is 5.56. The summed E-state index contributed by atoms with van der Waals surface area (Å²) >= 11 is 0. The summed E-state index contributed by atoms with van der Waals surface area (Å²) in [6.07, 6.45) is 1.90. The van der Waals surface area contributed by atoms with Crippen LogP contribution in [0.15, 0.2) is 60.7 Å². The molecule has 0 aromatic heterocycles. The molecule has 2 heteroatoms. The molecule has 0 heterocycles. The first-order valence-electron chi connectivity index (χ1n) is 7.56. The first-order valence-corrected chi connectivity index (χ1v) is 7.56. The van der Waals surface area contributed by atoms with E-state index in [4.69, 9.17) is 0 Å². The van der Waals surface area contributed by atoms with Gasteiger partial charge in [-0.05, 0) is 17.5 Å². The van der Waals surface area contributed by atoms with Crippen LogP contribution in [0, 0.1) is 0 Å². The van der Waals surface area contributed by atoms with E-state index in [1.165, 1.54) is 0 Å².